The van der Waals surface area contributed by atoms with Gasteiger partial charge >= 0.3 is 0 Å². The van der Waals surface area contributed by atoms with Crippen LogP contribution >= 0.6 is 0 Å². The number of aliphatic hydroxyl groups excluding tert-OH is 1. The number of nitrogens with zero attached hydrogens (tertiary/aromatic N) is 2. The number of benzene rings is 1. The number of hydrogen-bond acceptors (Lipinski definition) is 4. The Morgan fingerprint density at radius 1 is 1.23 bits per heavy atom. The van der Waals surface area contributed by atoms with Crippen molar-refractivity contribution in [3.63, 3.8) is 0 Å². The highest BCUT2D eigenvalue weighted by atomic mass is 16.3. The Morgan fingerprint density at radius 2 is 1.86 bits per heavy atom. The molecule has 0 bridgehead atoms. The minimum absolute atomic E-state index is 0.0774. The molecule has 1 aliphatic rings. The van der Waals surface area contributed by atoms with Gasteiger partial charge in [-0.05, 0) is 30.7 Å². The van der Waals surface area contributed by atoms with Crippen LogP contribution in [0, 0.1) is 5.92 Å². The van der Waals surface area contributed by atoms with Gasteiger partial charge in [0.15, 0.2) is 0 Å². The van der Waals surface area contributed by atoms with Crippen LogP contribution in [0.15, 0.2) is 24.3 Å². The number of carbonyl (C=O) groups excluding carboxylic acids is 1. The SMILES string of the molecule is CC(CO)CNC(=O)c1ccc(CN2CCN(C)CC2)cc1. The molecule has 1 fully saturated rings. The molecule has 5 heteroatoms. The lowest BCUT2D eigenvalue weighted by molar-refractivity contribution is 0.0942. The van der Waals surface area contributed by atoms with Crippen LogP contribution in [0.1, 0.15) is 22.8 Å². The standard InChI is InChI=1S/C17H27N3O2/c1-14(13-21)11-18-17(22)16-5-3-15(4-6-16)12-20-9-7-19(2)8-10-20/h3-6,14,21H,7-13H2,1-2H3,(H,18,22). The quantitative estimate of drug-likeness (QED) is 0.816. The summed E-state index contributed by atoms with van der Waals surface area (Å²) in [5.74, 6) is 0.00639. The molecule has 2 N–H and O–H groups in total. The molecule has 5 nitrogen and oxygen atoms in total. The molecule has 122 valence electrons. The molecule has 0 aliphatic carbocycles. The third-order valence-electron chi connectivity index (χ3n) is 4.14. The van der Waals surface area contributed by atoms with Crippen LogP contribution in [0.3, 0.4) is 0 Å². The molecular formula is C17H27N3O2. The van der Waals surface area contributed by atoms with Crippen molar-refractivity contribution in [2.45, 2.75) is 13.5 Å². The normalized spacial score (nSPS) is 18.1. The highest BCUT2D eigenvalue weighted by Gasteiger charge is 2.14. The smallest absolute Gasteiger partial charge is 0.251 e. The highest BCUT2D eigenvalue weighted by Crippen LogP contribution is 2.10. The van der Waals surface area contributed by atoms with E-state index in [1.54, 1.807) is 0 Å². The van der Waals surface area contributed by atoms with Crippen LogP contribution in [0.5, 0.6) is 0 Å². The molecule has 1 aliphatic heterocycles. The first kappa shape index (κ1) is 16.9. The second-order valence-corrected chi connectivity index (χ2v) is 6.27. The first-order valence-corrected chi connectivity index (χ1v) is 7.97. The molecule has 1 aromatic rings. The maximum Gasteiger partial charge on any atom is 0.251 e. The molecule has 2 rings (SSSR count). The first-order chi connectivity index (χ1) is 10.6. The molecule has 1 aromatic carbocycles. The molecule has 22 heavy (non-hydrogen) atoms. The molecule has 0 spiro atoms. The summed E-state index contributed by atoms with van der Waals surface area (Å²) >= 11 is 0. The van der Waals surface area contributed by atoms with Gasteiger partial charge in [0.1, 0.15) is 0 Å². The van der Waals surface area contributed by atoms with Crippen LogP contribution in [0.2, 0.25) is 0 Å². The summed E-state index contributed by atoms with van der Waals surface area (Å²) in [6.07, 6.45) is 0. The molecule has 1 unspecified atom stereocenters. The van der Waals surface area contributed by atoms with Gasteiger partial charge in [0, 0.05) is 51.4 Å². The maximum atomic E-state index is 12.0. The maximum absolute atomic E-state index is 12.0. The zero-order valence-corrected chi connectivity index (χ0v) is 13.6. The van der Waals surface area contributed by atoms with Crippen LogP contribution in [-0.4, -0.2) is 67.2 Å². The predicted molar refractivity (Wildman–Crippen MR) is 87.8 cm³/mol. The molecule has 1 heterocycles. The summed E-state index contributed by atoms with van der Waals surface area (Å²) in [6.45, 7) is 7.85. The Morgan fingerprint density at radius 3 is 2.45 bits per heavy atom. The topological polar surface area (TPSA) is 55.8 Å². The van der Waals surface area contributed by atoms with E-state index in [2.05, 4.69) is 22.2 Å². The summed E-state index contributed by atoms with van der Waals surface area (Å²) in [6, 6.07) is 7.82. The molecule has 0 aromatic heterocycles. The minimum atomic E-state index is -0.0774. The van der Waals surface area contributed by atoms with Gasteiger partial charge < -0.3 is 15.3 Å². The first-order valence-electron chi connectivity index (χ1n) is 7.97. The third-order valence-corrected chi connectivity index (χ3v) is 4.14. The lowest BCUT2D eigenvalue weighted by atomic mass is 10.1. The fourth-order valence-corrected chi connectivity index (χ4v) is 2.46. The number of nitrogens with one attached hydrogen (secondary N) is 1. The molecular weight excluding hydrogens is 278 g/mol. The number of hydrogen-bond donors (Lipinski definition) is 2. The van der Waals surface area contributed by atoms with E-state index >= 15 is 0 Å². The average Bonchev–Trinajstić information content (AvgIpc) is 2.55. The highest BCUT2D eigenvalue weighted by molar-refractivity contribution is 5.94. The van der Waals surface area contributed by atoms with Crippen molar-refractivity contribution in [1.82, 2.24) is 15.1 Å². The van der Waals surface area contributed by atoms with E-state index < -0.39 is 0 Å². The Hall–Kier alpha value is -1.43. The molecule has 1 saturated heterocycles. The van der Waals surface area contributed by atoms with Crippen molar-refractivity contribution in [3.8, 4) is 0 Å². The van der Waals surface area contributed by atoms with Gasteiger partial charge in [-0.2, -0.15) is 0 Å². The summed E-state index contributed by atoms with van der Waals surface area (Å²) in [7, 11) is 2.16. The van der Waals surface area contributed by atoms with Crippen LogP contribution < -0.4 is 5.32 Å². The number of carbonyl (C=O) groups is 1. The van der Waals surface area contributed by atoms with Crippen molar-refractivity contribution >= 4 is 5.91 Å². The average molecular weight is 305 g/mol. The van der Waals surface area contributed by atoms with Gasteiger partial charge in [-0.25, -0.2) is 0 Å². The summed E-state index contributed by atoms with van der Waals surface area (Å²) < 4.78 is 0. The lowest BCUT2D eigenvalue weighted by Crippen LogP contribution is -2.43. The van der Waals surface area contributed by atoms with Crippen LogP contribution in [-0.2, 0) is 6.54 Å². The number of likely N-dealkylation sites (N-methyl/N-ethyl adjacent to an activating group) is 1. The van der Waals surface area contributed by atoms with E-state index in [9.17, 15) is 4.79 Å². The zero-order valence-electron chi connectivity index (χ0n) is 13.6. The second kappa shape index (κ2) is 8.27. The second-order valence-electron chi connectivity index (χ2n) is 6.27. The fourth-order valence-electron chi connectivity index (χ4n) is 2.46. The molecule has 1 atom stereocenters. The van der Waals surface area contributed by atoms with E-state index in [0.717, 1.165) is 32.7 Å². The van der Waals surface area contributed by atoms with Crippen molar-refractivity contribution in [3.05, 3.63) is 35.4 Å². The Balaban J connectivity index is 1.83. The van der Waals surface area contributed by atoms with Gasteiger partial charge in [-0.3, -0.25) is 9.69 Å². The predicted octanol–water partition coefficient (Wildman–Crippen LogP) is 0.792. The van der Waals surface area contributed by atoms with Crippen LogP contribution in [0.25, 0.3) is 0 Å². The van der Waals surface area contributed by atoms with E-state index in [1.807, 2.05) is 31.2 Å². The Labute approximate surface area is 132 Å². The lowest BCUT2D eigenvalue weighted by Gasteiger charge is -2.32. The van der Waals surface area contributed by atoms with Crippen molar-refractivity contribution < 1.29 is 9.90 Å². The van der Waals surface area contributed by atoms with Crippen molar-refractivity contribution in [2.75, 3.05) is 46.4 Å². The molecule has 1 amide bonds. The monoisotopic (exact) mass is 305 g/mol. The molecule has 0 radical (unpaired) electrons. The summed E-state index contributed by atoms with van der Waals surface area (Å²) in [4.78, 5) is 16.8. The van der Waals surface area contributed by atoms with Gasteiger partial charge in [0.05, 0.1) is 0 Å². The van der Waals surface area contributed by atoms with Gasteiger partial charge in [0.2, 0.25) is 0 Å². The number of rotatable bonds is 6. The van der Waals surface area contributed by atoms with Crippen molar-refractivity contribution in [2.24, 2.45) is 5.92 Å². The number of piperazine rings is 1. The third kappa shape index (κ3) is 5.09. The van der Waals surface area contributed by atoms with Gasteiger partial charge in [-0.15, -0.1) is 0 Å². The van der Waals surface area contributed by atoms with Crippen molar-refractivity contribution in [1.29, 1.82) is 0 Å². The van der Waals surface area contributed by atoms with Gasteiger partial charge in [-0.1, -0.05) is 19.1 Å². The van der Waals surface area contributed by atoms with Crippen LogP contribution in [0.4, 0.5) is 0 Å². The summed E-state index contributed by atoms with van der Waals surface area (Å²) in [5.41, 5.74) is 1.91. The zero-order chi connectivity index (χ0) is 15.9. The number of aliphatic hydroxyl groups is 1. The Bertz CT molecular complexity index is 467. The number of amides is 1. The Kier molecular flexibility index (Phi) is 6.36. The van der Waals surface area contributed by atoms with E-state index in [-0.39, 0.29) is 18.4 Å². The van der Waals surface area contributed by atoms with E-state index in [1.165, 1.54) is 5.56 Å². The van der Waals surface area contributed by atoms with E-state index in [0.29, 0.717) is 12.1 Å². The minimum Gasteiger partial charge on any atom is -0.396 e. The van der Waals surface area contributed by atoms with E-state index in [4.69, 9.17) is 5.11 Å². The summed E-state index contributed by atoms with van der Waals surface area (Å²) in [5, 5.41) is 11.8. The molecule has 0 saturated carbocycles. The fraction of sp³-hybridized carbons (Fsp3) is 0.588. The largest absolute Gasteiger partial charge is 0.396 e. The van der Waals surface area contributed by atoms with Gasteiger partial charge in [0.25, 0.3) is 5.91 Å².